The molecule has 2 fully saturated rings. The quantitative estimate of drug-likeness (QED) is 0.828. The van der Waals surface area contributed by atoms with Crippen LogP contribution < -0.4 is 4.74 Å². The van der Waals surface area contributed by atoms with Crippen molar-refractivity contribution in [2.45, 2.75) is 38.7 Å². The second-order valence-electron chi connectivity index (χ2n) is 8.19. The normalized spacial score (nSPS) is 26.6. The lowest BCUT2D eigenvalue weighted by molar-refractivity contribution is -0.0656. The number of aliphatic hydroxyl groups is 1. The number of rotatable bonds is 4. The number of hydrogen-bond acceptors (Lipinski definition) is 4. The lowest BCUT2D eigenvalue weighted by Crippen LogP contribution is -2.53. The van der Waals surface area contributed by atoms with Gasteiger partial charge in [-0.2, -0.15) is 0 Å². The fraction of sp³-hybridized carbons (Fsp3) is 0.700. The first-order valence-corrected chi connectivity index (χ1v) is 10.4. The van der Waals surface area contributed by atoms with Gasteiger partial charge in [-0.05, 0) is 92.4 Å². The largest absolute Gasteiger partial charge is 0.491 e. The van der Waals surface area contributed by atoms with Crippen molar-refractivity contribution in [3.8, 4) is 5.75 Å². The standard InChI is InChI=1S/C20H29BrN2O2/c1-15-10-16-18(17(21)11-15)25-14-20(19(16)24,12-22-6-2-3-7-22)13-23-8-4-5-9-23/h10-11,19,24H,2-9,12-14H2,1H3. The van der Waals surface area contributed by atoms with E-state index in [0.29, 0.717) is 6.61 Å². The number of aryl methyl sites for hydroxylation is 1. The van der Waals surface area contributed by atoms with Crippen molar-refractivity contribution in [3.05, 3.63) is 27.7 Å². The van der Waals surface area contributed by atoms with Gasteiger partial charge >= 0.3 is 0 Å². The summed E-state index contributed by atoms with van der Waals surface area (Å²) in [6.07, 6.45) is 4.63. The van der Waals surface area contributed by atoms with Crippen molar-refractivity contribution >= 4 is 15.9 Å². The summed E-state index contributed by atoms with van der Waals surface area (Å²) in [6.45, 7) is 9.13. The van der Waals surface area contributed by atoms with E-state index in [1.807, 2.05) is 0 Å². The molecule has 3 aliphatic heterocycles. The molecular weight excluding hydrogens is 380 g/mol. The summed E-state index contributed by atoms with van der Waals surface area (Å²) in [5.74, 6) is 0.830. The van der Waals surface area contributed by atoms with Gasteiger partial charge in [0.15, 0.2) is 0 Å². The average molecular weight is 409 g/mol. The van der Waals surface area contributed by atoms with Gasteiger partial charge < -0.3 is 19.6 Å². The number of likely N-dealkylation sites (tertiary alicyclic amines) is 2. The second kappa shape index (κ2) is 7.18. The Balaban J connectivity index is 1.66. The Hall–Kier alpha value is -0.620. The molecule has 0 spiro atoms. The minimum Gasteiger partial charge on any atom is -0.491 e. The SMILES string of the molecule is Cc1cc(Br)c2c(c1)C(O)C(CN1CCCC1)(CN1CCCC1)CO2. The number of fused-ring (bicyclic) bond motifs is 1. The predicted molar refractivity (Wildman–Crippen MR) is 103 cm³/mol. The molecule has 0 bridgehead atoms. The van der Waals surface area contributed by atoms with Crippen LogP contribution in [0.2, 0.25) is 0 Å². The van der Waals surface area contributed by atoms with Crippen LogP contribution in [0.1, 0.15) is 42.9 Å². The Morgan fingerprint density at radius 3 is 2.20 bits per heavy atom. The Labute approximate surface area is 159 Å². The maximum absolute atomic E-state index is 11.5. The summed E-state index contributed by atoms with van der Waals surface area (Å²) in [5.41, 5.74) is 1.87. The highest BCUT2D eigenvalue weighted by Gasteiger charge is 2.47. The first kappa shape index (κ1) is 17.8. The van der Waals surface area contributed by atoms with Crippen molar-refractivity contribution in [2.75, 3.05) is 45.9 Å². The molecule has 3 heterocycles. The highest BCUT2D eigenvalue weighted by atomic mass is 79.9. The topological polar surface area (TPSA) is 35.9 Å². The van der Waals surface area contributed by atoms with Crippen LogP contribution in [0.25, 0.3) is 0 Å². The summed E-state index contributed by atoms with van der Waals surface area (Å²) in [6, 6.07) is 4.17. The summed E-state index contributed by atoms with van der Waals surface area (Å²) >= 11 is 3.62. The minimum absolute atomic E-state index is 0.241. The highest BCUT2D eigenvalue weighted by molar-refractivity contribution is 9.10. The van der Waals surface area contributed by atoms with Crippen LogP contribution in [0.4, 0.5) is 0 Å². The average Bonchev–Trinajstić information content (AvgIpc) is 3.25. The van der Waals surface area contributed by atoms with Crippen LogP contribution in [0.15, 0.2) is 16.6 Å². The summed E-state index contributed by atoms with van der Waals surface area (Å²) in [4.78, 5) is 5.05. The fourth-order valence-corrected chi connectivity index (χ4v) is 5.53. The van der Waals surface area contributed by atoms with E-state index in [9.17, 15) is 5.11 Å². The van der Waals surface area contributed by atoms with E-state index < -0.39 is 6.10 Å². The van der Waals surface area contributed by atoms with Gasteiger partial charge in [0, 0.05) is 18.7 Å². The highest BCUT2D eigenvalue weighted by Crippen LogP contribution is 2.48. The Kier molecular flexibility index (Phi) is 5.11. The van der Waals surface area contributed by atoms with Crippen molar-refractivity contribution in [2.24, 2.45) is 5.41 Å². The van der Waals surface area contributed by atoms with E-state index in [-0.39, 0.29) is 5.41 Å². The van der Waals surface area contributed by atoms with E-state index in [1.54, 1.807) is 0 Å². The third-order valence-electron chi connectivity index (χ3n) is 6.07. The molecule has 2 saturated heterocycles. The molecule has 4 nitrogen and oxygen atoms in total. The van der Waals surface area contributed by atoms with Crippen LogP contribution in [0.3, 0.4) is 0 Å². The maximum atomic E-state index is 11.5. The fourth-order valence-electron chi connectivity index (χ4n) is 4.82. The van der Waals surface area contributed by atoms with Gasteiger partial charge in [0.2, 0.25) is 0 Å². The zero-order valence-electron chi connectivity index (χ0n) is 15.1. The molecule has 1 atom stereocenters. The van der Waals surface area contributed by atoms with Crippen LogP contribution in [-0.2, 0) is 0 Å². The van der Waals surface area contributed by atoms with Gasteiger partial charge in [-0.3, -0.25) is 0 Å². The van der Waals surface area contributed by atoms with E-state index >= 15 is 0 Å². The van der Waals surface area contributed by atoms with Crippen molar-refractivity contribution in [1.29, 1.82) is 0 Å². The molecule has 4 rings (SSSR count). The van der Waals surface area contributed by atoms with Gasteiger partial charge in [0.25, 0.3) is 0 Å². The zero-order chi connectivity index (χ0) is 17.4. The molecule has 138 valence electrons. The Morgan fingerprint density at radius 2 is 1.64 bits per heavy atom. The molecule has 0 aliphatic carbocycles. The number of aliphatic hydroxyl groups excluding tert-OH is 1. The zero-order valence-corrected chi connectivity index (χ0v) is 16.7. The molecule has 1 unspecified atom stereocenters. The smallest absolute Gasteiger partial charge is 0.139 e. The van der Waals surface area contributed by atoms with E-state index in [4.69, 9.17) is 4.74 Å². The third kappa shape index (κ3) is 3.48. The monoisotopic (exact) mass is 408 g/mol. The van der Waals surface area contributed by atoms with Crippen LogP contribution in [0.5, 0.6) is 5.75 Å². The minimum atomic E-state index is -0.478. The molecule has 0 radical (unpaired) electrons. The van der Waals surface area contributed by atoms with E-state index in [1.165, 1.54) is 25.7 Å². The molecule has 1 N–H and O–H groups in total. The summed E-state index contributed by atoms with van der Waals surface area (Å²) in [5, 5.41) is 11.5. The molecule has 5 heteroatoms. The lowest BCUT2D eigenvalue weighted by Gasteiger charge is -2.46. The molecule has 0 amide bonds. The third-order valence-corrected chi connectivity index (χ3v) is 6.66. The number of ether oxygens (including phenoxy) is 1. The molecular formula is C20H29BrN2O2. The maximum Gasteiger partial charge on any atom is 0.139 e. The van der Waals surface area contributed by atoms with E-state index in [0.717, 1.165) is 60.6 Å². The number of hydrogen-bond donors (Lipinski definition) is 1. The van der Waals surface area contributed by atoms with Gasteiger partial charge in [0.1, 0.15) is 5.75 Å². The van der Waals surface area contributed by atoms with E-state index in [2.05, 4.69) is 44.8 Å². The number of halogens is 1. The van der Waals surface area contributed by atoms with Crippen LogP contribution >= 0.6 is 15.9 Å². The number of nitrogens with zero attached hydrogens (tertiary/aromatic N) is 2. The lowest BCUT2D eigenvalue weighted by atomic mass is 9.76. The molecule has 3 aliphatic rings. The van der Waals surface area contributed by atoms with Crippen LogP contribution in [-0.4, -0.2) is 60.8 Å². The molecule has 0 aromatic heterocycles. The van der Waals surface area contributed by atoms with Gasteiger partial charge in [-0.1, -0.05) is 0 Å². The van der Waals surface area contributed by atoms with Crippen molar-refractivity contribution < 1.29 is 9.84 Å². The summed E-state index contributed by atoms with van der Waals surface area (Å²) < 4.78 is 7.21. The van der Waals surface area contributed by atoms with Gasteiger partial charge in [0.05, 0.1) is 22.6 Å². The molecule has 0 saturated carbocycles. The van der Waals surface area contributed by atoms with Crippen molar-refractivity contribution in [1.82, 2.24) is 9.80 Å². The second-order valence-corrected chi connectivity index (χ2v) is 9.04. The number of benzene rings is 1. The van der Waals surface area contributed by atoms with Gasteiger partial charge in [-0.25, -0.2) is 0 Å². The van der Waals surface area contributed by atoms with Crippen LogP contribution in [0, 0.1) is 12.3 Å². The Bertz CT molecular complexity index is 606. The van der Waals surface area contributed by atoms with Crippen molar-refractivity contribution in [3.63, 3.8) is 0 Å². The molecule has 1 aromatic rings. The first-order chi connectivity index (χ1) is 12.1. The predicted octanol–water partition coefficient (Wildman–Crippen LogP) is 3.36. The molecule has 1 aromatic carbocycles. The molecule has 25 heavy (non-hydrogen) atoms. The summed E-state index contributed by atoms with van der Waals surface area (Å²) in [7, 11) is 0. The van der Waals surface area contributed by atoms with Gasteiger partial charge in [-0.15, -0.1) is 0 Å². The Morgan fingerprint density at radius 1 is 1.08 bits per heavy atom. The first-order valence-electron chi connectivity index (χ1n) is 9.63.